The first kappa shape index (κ1) is 17.0. The topological polar surface area (TPSA) is 52.5 Å². The average molecular weight is 362 g/mol. The molecule has 25 heavy (non-hydrogen) atoms. The van der Waals surface area contributed by atoms with Crippen molar-refractivity contribution < 1.29 is 9.50 Å². The van der Waals surface area contributed by atoms with Crippen LogP contribution in [0.2, 0.25) is 0 Å². The molecule has 2 aliphatic heterocycles. The van der Waals surface area contributed by atoms with Crippen LogP contribution in [-0.2, 0) is 6.54 Å². The lowest BCUT2D eigenvalue weighted by atomic mass is 10.1. The molecule has 0 aromatic carbocycles. The summed E-state index contributed by atoms with van der Waals surface area (Å²) in [6.45, 7) is 3.68. The van der Waals surface area contributed by atoms with Crippen molar-refractivity contribution in [3.63, 3.8) is 0 Å². The number of aliphatic hydroxyl groups excluding tert-OH is 1. The van der Waals surface area contributed by atoms with Crippen molar-refractivity contribution in [1.29, 1.82) is 0 Å². The van der Waals surface area contributed by atoms with E-state index in [-0.39, 0.29) is 12.1 Å². The zero-order valence-electron chi connectivity index (χ0n) is 14.1. The molecule has 4 heterocycles. The van der Waals surface area contributed by atoms with Crippen LogP contribution < -0.4 is 0 Å². The Bertz CT molecular complexity index is 673. The molecule has 1 N–H and O–H groups in total. The number of likely N-dealkylation sites (tertiary alicyclic amines) is 2. The maximum absolute atomic E-state index is 13.3. The summed E-state index contributed by atoms with van der Waals surface area (Å²) in [6.07, 6.45) is 3.86. The van der Waals surface area contributed by atoms with Crippen LogP contribution in [0.5, 0.6) is 0 Å². The quantitative estimate of drug-likeness (QED) is 0.904. The molecule has 0 saturated carbocycles. The maximum atomic E-state index is 13.3. The summed E-state index contributed by atoms with van der Waals surface area (Å²) >= 11 is 1.63. The van der Waals surface area contributed by atoms with Gasteiger partial charge in [-0.05, 0) is 24.3 Å². The minimum Gasteiger partial charge on any atom is -0.390 e. The number of piperidine rings is 1. The van der Waals surface area contributed by atoms with E-state index in [0.29, 0.717) is 19.4 Å². The number of nitrogens with zero attached hydrogens (tertiary/aromatic N) is 4. The van der Waals surface area contributed by atoms with Crippen molar-refractivity contribution >= 4 is 11.3 Å². The molecule has 2 aromatic heterocycles. The van der Waals surface area contributed by atoms with Gasteiger partial charge in [0.25, 0.3) is 0 Å². The summed E-state index contributed by atoms with van der Waals surface area (Å²) < 4.78 is 13.3. The van der Waals surface area contributed by atoms with Crippen molar-refractivity contribution in [1.82, 2.24) is 19.8 Å². The molecule has 7 heteroatoms. The molecule has 5 nitrogen and oxygen atoms in total. The second-order valence-electron chi connectivity index (χ2n) is 6.93. The molecule has 2 fully saturated rings. The lowest BCUT2D eigenvalue weighted by Gasteiger charge is -2.34. The largest absolute Gasteiger partial charge is 0.390 e. The minimum atomic E-state index is -0.676. The zero-order valence-corrected chi connectivity index (χ0v) is 14.9. The molecule has 0 spiro atoms. The van der Waals surface area contributed by atoms with Gasteiger partial charge in [0.05, 0.1) is 11.0 Å². The van der Waals surface area contributed by atoms with E-state index in [1.165, 1.54) is 0 Å². The molecule has 134 valence electrons. The van der Waals surface area contributed by atoms with E-state index in [0.717, 1.165) is 42.4 Å². The Morgan fingerprint density at radius 2 is 1.96 bits per heavy atom. The third-order valence-corrected chi connectivity index (χ3v) is 5.98. The standard InChI is InChI=1S/C18H23FN4OS/c19-14-3-5-23(6-4-14)15-11-22(12-16(15)24)10-13-8-20-18(21-9-13)17-2-1-7-25-17/h1-2,7-9,14-16,24H,3-6,10-12H2/t15-,16-/m0/s1. The van der Waals surface area contributed by atoms with Gasteiger partial charge in [-0.25, -0.2) is 14.4 Å². The molecule has 2 saturated heterocycles. The van der Waals surface area contributed by atoms with Crippen molar-refractivity contribution in [3.8, 4) is 10.7 Å². The van der Waals surface area contributed by atoms with E-state index >= 15 is 0 Å². The van der Waals surface area contributed by atoms with Gasteiger partial charge in [-0.1, -0.05) is 6.07 Å². The van der Waals surface area contributed by atoms with Crippen LogP contribution in [-0.4, -0.2) is 69.4 Å². The number of aliphatic hydroxyl groups is 1. The normalized spacial score (nSPS) is 26.3. The summed E-state index contributed by atoms with van der Waals surface area (Å²) in [5.74, 6) is 0.757. The zero-order chi connectivity index (χ0) is 17.2. The number of alkyl halides is 1. The molecule has 0 unspecified atom stereocenters. The van der Waals surface area contributed by atoms with Crippen LogP contribution in [0.25, 0.3) is 10.7 Å². The van der Waals surface area contributed by atoms with Gasteiger partial charge in [0, 0.05) is 56.7 Å². The summed E-state index contributed by atoms with van der Waals surface area (Å²) in [6, 6.07) is 4.12. The Kier molecular flexibility index (Phi) is 5.08. The smallest absolute Gasteiger partial charge is 0.169 e. The molecule has 2 aromatic rings. The first-order valence-electron chi connectivity index (χ1n) is 8.82. The number of thiophene rings is 1. The highest BCUT2D eigenvalue weighted by Gasteiger charge is 2.36. The number of rotatable bonds is 4. The number of hydrogen-bond donors (Lipinski definition) is 1. The molecule has 0 bridgehead atoms. The highest BCUT2D eigenvalue weighted by molar-refractivity contribution is 7.13. The highest BCUT2D eigenvalue weighted by Crippen LogP contribution is 2.24. The maximum Gasteiger partial charge on any atom is 0.169 e. The van der Waals surface area contributed by atoms with Gasteiger partial charge in [-0.15, -0.1) is 11.3 Å². The first-order valence-corrected chi connectivity index (χ1v) is 9.70. The fourth-order valence-electron chi connectivity index (χ4n) is 3.76. The van der Waals surface area contributed by atoms with Gasteiger partial charge in [-0.2, -0.15) is 0 Å². The predicted molar refractivity (Wildman–Crippen MR) is 96.1 cm³/mol. The lowest BCUT2D eigenvalue weighted by molar-refractivity contribution is 0.0516. The van der Waals surface area contributed by atoms with Crippen LogP contribution >= 0.6 is 11.3 Å². The fraction of sp³-hybridized carbons (Fsp3) is 0.556. The Hall–Kier alpha value is -1.41. The first-order chi connectivity index (χ1) is 12.2. The van der Waals surface area contributed by atoms with Gasteiger partial charge < -0.3 is 5.11 Å². The minimum absolute atomic E-state index is 0.110. The van der Waals surface area contributed by atoms with Gasteiger partial charge in [-0.3, -0.25) is 9.80 Å². The van der Waals surface area contributed by atoms with Crippen LogP contribution in [0.1, 0.15) is 18.4 Å². The van der Waals surface area contributed by atoms with E-state index in [2.05, 4.69) is 19.8 Å². The molecule has 2 aliphatic rings. The highest BCUT2D eigenvalue weighted by atomic mass is 32.1. The predicted octanol–water partition coefficient (Wildman–Crippen LogP) is 2.18. The van der Waals surface area contributed by atoms with Crippen LogP contribution in [0.15, 0.2) is 29.9 Å². The number of aromatic nitrogens is 2. The van der Waals surface area contributed by atoms with Gasteiger partial charge >= 0.3 is 0 Å². The van der Waals surface area contributed by atoms with Crippen molar-refractivity contribution in [3.05, 3.63) is 35.5 Å². The summed E-state index contributed by atoms with van der Waals surface area (Å²) in [5.41, 5.74) is 1.05. The summed E-state index contributed by atoms with van der Waals surface area (Å²) in [5, 5.41) is 12.4. The summed E-state index contributed by atoms with van der Waals surface area (Å²) in [4.78, 5) is 14.5. The molecule has 0 radical (unpaired) electrons. The second kappa shape index (κ2) is 7.45. The van der Waals surface area contributed by atoms with E-state index < -0.39 is 6.17 Å². The SMILES string of the molecule is O[C@H]1CN(Cc2cnc(-c3cccs3)nc2)C[C@@H]1N1CCC(F)CC1. The van der Waals surface area contributed by atoms with Crippen molar-refractivity contribution in [2.75, 3.05) is 26.2 Å². The fourth-order valence-corrected chi connectivity index (χ4v) is 4.43. The van der Waals surface area contributed by atoms with Crippen LogP contribution in [0.4, 0.5) is 4.39 Å². The molecule has 4 rings (SSSR count). The van der Waals surface area contributed by atoms with Crippen LogP contribution in [0.3, 0.4) is 0 Å². The van der Waals surface area contributed by atoms with Gasteiger partial charge in [0.1, 0.15) is 6.17 Å². The van der Waals surface area contributed by atoms with Crippen molar-refractivity contribution in [2.24, 2.45) is 0 Å². The van der Waals surface area contributed by atoms with E-state index in [1.807, 2.05) is 29.9 Å². The summed E-state index contributed by atoms with van der Waals surface area (Å²) in [7, 11) is 0. The Labute approximate surface area is 151 Å². The molecular weight excluding hydrogens is 339 g/mol. The Morgan fingerprint density at radius 1 is 1.20 bits per heavy atom. The second-order valence-corrected chi connectivity index (χ2v) is 7.88. The van der Waals surface area contributed by atoms with E-state index in [9.17, 15) is 9.50 Å². The Balaban J connectivity index is 1.35. The van der Waals surface area contributed by atoms with E-state index in [1.54, 1.807) is 11.3 Å². The third kappa shape index (κ3) is 3.89. The van der Waals surface area contributed by atoms with Crippen LogP contribution in [0, 0.1) is 0 Å². The third-order valence-electron chi connectivity index (χ3n) is 5.12. The molecule has 2 atom stereocenters. The Morgan fingerprint density at radius 3 is 2.64 bits per heavy atom. The number of β-amino-alcohol motifs (C(OH)–C–C–N with tert-alkyl or cyclic N) is 1. The van der Waals surface area contributed by atoms with Gasteiger partial charge in [0.2, 0.25) is 0 Å². The lowest BCUT2D eigenvalue weighted by Crippen LogP contribution is -2.47. The van der Waals surface area contributed by atoms with Crippen molar-refractivity contribution in [2.45, 2.75) is 37.7 Å². The number of hydrogen-bond acceptors (Lipinski definition) is 6. The van der Waals surface area contributed by atoms with Gasteiger partial charge in [0.15, 0.2) is 5.82 Å². The monoisotopic (exact) mass is 362 g/mol. The molecular formula is C18H23FN4OS. The van der Waals surface area contributed by atoms with E-state index in [4.69, 9.17) is 0 Å². The molecule has 0 aliphatic carbocycles. The number of halogens is 1. The average Bonchev–Trinajstić information content (AvgIpc) is 3.27. The molecule has 0 amide bonds.